The molecular formula is C16H15FO3. The maximum absolute atomic E-state index is 13.2. The number of hydrogen-bond donors (Lipinski definition) is 1. The van der Waals surface area contributed by atoms with E-state index in [1.807, 2.05) is 24.3 Å². The molecule has 0 unspecified atom stereocenters. The summed E-state index contributed by atoms with van der Waals surface area (Å²) in [4.78, 5) is 10.8. The van der Waals surface area contributed by atoms with Crippen molar-refractivity contribution < 1.29 is 19.0 Å². The zero-order chi connectivity index (χ0) is 14.5. The fourth-order valence-electron chi connectivity index (χ4n) is 1.81. The van der Waals surface area contributed by atoms with Gasteiger partial charge in [0.1, 0.15) is 18.2 Å². The molecular weight excluding hydrogens is 259 g/mol. The van der Waals surface area contributed by atoms with E-state index in [1.54, 1.807) is 0 Å². The van der Waals surface area contributed by atoms with Crippen molar-refractivity contribution in [3.63, 3.8) is 0 Å². The van der Waals surface area contributed by atoms with Gasteiger partial charge in [-0.15, -0.1) is 0 Å². The summed E-state index contributed by atoms with van der Waals surface area (Å²) in [6.07, 6.45) is 0.959. The molecule has 0 saturated carbocycles. The lowest BCUT2D eigenvalue weighted by molar-refractivity contribution is 0.0691. The van der Waals surface area contributed by atoms with Crippen molar-refractivity contribution in [2.45, 2.75) is 20.0 Å². The number of aromatic carboxylic acids is 1. The van der Waals surface area contributed by atoms with E-state index in [0.717, 1.165) is 12.5 Å². The maximum Gasteiger partial charge on any atom is 0.338 e. The summed E-state index contributed by atoms with van der Waals surface area (Å²) in [5.41, 5.74) is 1.49. The second-order valence-electron chi connectivity index (χ2n) is 4.41. The number of carboxylic acids is 1. The van der Waals surface area contributed by atoms with Crippen LogP contribution < -0.4 is 4.74 Å². The molecule has 1 N–H and O–H groups in total. The topological polar surface area (TPSA) is 46.5 Å². The minimum Gasteiger partial charge on any atom is -0.489 e. The molecule has 0 radical (unpaired) electrons. The number of carbonyl (C=O) groups is 1. The van der Waals surface area contributed by atoms with E-state index in [0.29, 0.717) is 11.3 Å². The fourth-order valence-corrected chi connectivity index (χ4v) is 1.81. The number of carboxylic acid groups (broad SMARTS) is 1. The van der Waals surface area contributed by atoms with E-state index in [9.17, 15) is 9.18 Å². The van der Waals surface area contributed by atoms with Crippen LogP contribution in [0.5, 0.6) is 5.75 Å². The summed E-state index contributed by atoms with van der Waals surface area (Å²) in [5, 5.41) is 8.85. The molecule has 2 aromatic rings. The Morgan fingerprint density at radius 3 is 2.40 bits per heavy atom. The van der Waals surface area contributed by atoms with Crippen molar-refractivity contribution in [2.24, 2.45) is 0 Å². The lowest BCUT2D eigenvalue weighted by Gasteiger charge is -2.08. The van der Waals surface area contributed by atoms with Crippen molar-refractivity contribution in [3.05, 3.63) is 65.0 Å². The molecule has 20 heavy (non-hydrogen) atoms. The molecule has 0 atom stereocenters. The van der Waals surface area contributed by atoms with Crippen LogP contribution in [0.4, 0.5) is 4.39 Å². The lowest BCUT2D eigenvalue weighted by Crippen LogP contribution is -2.03. The first kappa shape index (κ1) is 14.1. The van der Waals surface area contributed by atoms with Gasteiger partial charge in [-0.2, -0.15) is 0 Å². The number of ether oxygens (including phenoxy) is 1. The van der Waals surface area contributed by atoms with Crippen molar-refractivity contribution in [1.29, 1.82) is 0 Å². The molecule has 0 saturated heterocycles. The standard InChI is InChI=1S/C16H15FO3/c1-2-11-3-6-13(7-4-11)20-10-12-5-8-15(17)14(9-12)16(18)19/h3-9H,2,10H2,1H3,(H,18,19). The summed E-state index contributed by atoms with van der Waals surface area (Å²) >= 11 is 0. The van der Waals surface area contributed by atoms with E-state index in [4.69, 9.17) is 9.84 Å². The summed E-state index contributed by atoms with van der Waals surface area (Å²) in [5.74, 6) is -1.33. The number of hydrogen-bond acceptors (Lipinski definition) is 2. The third-order valence-electron chi connectivity index (χ3n) is 3.00. The van der Waals surface area contributed by atoms with Gasteiger partial charge in [0, 0.05) is 0 Å². The summed E-state index contributed by atoms with van der Waals surface area (Å²) in [6.45, 7) is 2.27. The van der Waals surface area contributed by atoms with Crippen LogP contribution in [0.3, 0.4) is 0 Å². The molecule has 0 aliphatic carbocycles. The first-order valence-electron chi connectivity index (χ1n) is 6.33. The SMILES string of the molecule is CCc1ccc(OCc2ccc(F)c(C(=O)O)c2)cc1. The maximum atomic E-state index is 13.2. The second-order valence-corrected chi connectivity index (χ2v) is 4.41. The highest BCUT2D eigenvalue weighted by Crippen LogP contribution is 2.16. The zero-order valence-electron chi connectivity index (χ0n) is 11.1. The van der Waals surface area contributed by atoms with E-state index in [1.165, 1.54) is 17.7 Å². The van der Waals surface area contributed by atoms with Crippen LogP contribution in [0, 0.1) is 5.82 Å². The van der Waals surface area contributed by atoms with Crippen molar-refractivity contribution in [1.82, 2.24) is 0 Å². The number of rotatable bonds is 5. The predicted molar refractivity (Wildman–Crippen MR) is 73.5 cm³/mol. The minimum atomic E-state index is -1.28. The Morgan fingerprint density at radius 1 is 1.15 bits per heavy atom. The van der Waals surface area contributed by atoms with Gasteiger partial charge in [-0.25, -0.2) is 9.18 Å². The Bertz CT molecular complexity index is 606. The Balaban J connectivity index is 2.06. The van der Waals surface area contributed by atoms with Crippen LogP contribution >= 0.6 is 0 Å². The quantitative estimate of drug-likeness (QED) is 0.905. The average molecular weight is 274 g/mol. The van der Waals surface area contributed by atoms with Crippen LogP contribution in [-0.4, -0.2) is 11.1 Å². The van der Waals surface area contributed by atoms with Gasteiger partial charge in [0.2, 0.25) is 0 Å². The van der Waals surface area contributed by atoms with Crippen molar-refractivity contribution >= 4 is 5.97 Å². The van der Waals surface area contributed by atoms with Crippen molar-refractivity contribution in [3.8, 4) is 5.75 Å². The van der Waals surface area contributed by atoms with Gasteiger partial charge in [0.05, 0.1) is 5.56 Å². The lowest BCUT2D eigenvalue weighted by atomic mass is 10.1. The smallest absolute Gasteiger partial charge is 0.338 e. The Labute approximate surface area is 116 Å². The van der Waals surface area contributed by atoms with E-state index >= 15 is 0 Å². The predicted octanol–water partition coefficient (Wildman–Crippen LogP) is 3.67. The average Bonchev–Trinajstić information content (AvgIpc) is 2.46. The van der Waals surface area contributed by atoms with Gasteiger partial charge in [0.25, 0.3) is 0 Å². The molecule has 0 aliphatic heterocycles. The molecule has 0 amide bonds. The normalized spacial score (nSPS) is 10.3. The minimum absolute atomic E-state index is 0.200. The Morgan fingerprint density at radius 2 is 1.80 bits per heavy atom. The van der Waals surface area contributed by atoms with E-state index in [2.05, 4.69) is 6.92 Å². The molecule has 104 valence electrons. The Kier molecular flexibility index (Phi) is 4.35. The van der Waals surface area contributed by atoms with Gasteiger partial charge in [-0.3, -0.25) is 0 Å². The highest BCUT2D eigenvalue weighted by Gasteiger charge is 2.10. The van der Waals surface area contributed by atoms with Crippen LogP contribution in [-0.2, 0) is 13.0 Å². The van der Waals surface area contributed by atoms with Gasteiger partial charge >= 0.3 is 5.97 Å². The molecule has 0 aliphatic rings. The Hall–Kier alpha value is -2.36. The van der Waals surface area contributed by atoms with Gasteiger partial charge in [-0.1, -0.05) is 25.1 Å². The van der Waals surface area contributed by atoms with Crippen LogP contribution in [0.1, 0.15) is 28.4 Å². The molecule has 2 rings (SSSR count). The van der Waals surface area contributed by atoms with E-state index < -0.39 is 11.8 Å². The molecule has 3 nitrogen and oxygen atoms in total. The van der Waals surface area contributed by atoms with Crippen LogP contribution in [0.2, 0.25) is 0 Å². The van der Waals surface area contributed by atoms with E-state index in [-0.39, 0.29) is 12.2 Å². The van der Waals surface area contributed by atoms with Crippen LogP contribution in [0.15, 0.2) is 42.5 Å². The second kappa shape index (κ2) is 6.19. The highest BCUT2D eigenvalue weighted by atomic mass is 19.1. The first-order chi connectivity index (χ1) is 9.60. The summed E-state index contributed by atoms with van der Waals surface area (Å²) < 4.78 is 18.8. The molecule has 0 heterocycles. The zero-order valence-corrected chi connectivity index (χ0v) is 11.1. The monoisotopic (exact) mass is 274 g/mol. The summed E-state index contributed by atoms with van der Waals surface area (Å²) in [6, 6.07) is 11.6. The number of benzene rings is 2. The molecule has 2 aromatic carbocycles. The third kappa shape index (κ3) is 3.35. The van der Waals surface area contributed by atoms with Crippen molar-refractivity contribution in [2.75, 3.05) is 0 Å². The molecule has 0 spiro atoms. The fraction of sp³-hybridized carbons (Fsp3) is 0.188. The summed E-state index contributed by atoms with van der Waals surface area (Å²) in [7, 11) is 0. The molecule has 0 bridgehead atoms. The number of halogens is 1. The largest absolute Gasteiger partial charge is 0.489 e. The van der Waals surface area contributed by atoms with Gasteiger partial charge < -0.3 is 9.84 Å². The molecule has 0 aromatic heterocycles. The molecule has 0 fully saturated rings. The van der Waals surface area contributed by atoms with Crippen LogP contribution in [0.25, 0.3) is 0 Å². The highest BCUT2D eigenvalue weighted by molar-refractivity contribution is 5.88. The third-order valence-corrected chi connectivity index (χ3v) is 3.00. The van der Waals surface area contributed by atoms with Gasteiger partial charge in [0.15, 0.2) is 0 Å². The number of aryl methyl sites for hydroxylation is 1. The van der Waals surface area contributed by atoms with Gasteiger partial charge in [-0.05, 0) is 41.8 Å². The molecule has 4 heteroatoms. The first-order valence-corrected chi connectivity index (χ1v) is 6.33.